The molecule has 9 heavy (non-hydrogen) atoms. The fourth-order valence-corrected chi connectivity index (χ4v) is 0.754. The Bertz CT molecular complexity index is 121. The van der Waals surface area contributed by atoms with Gasteiger partial charge < -0.3 is 9.84 Å². The number of Topliss-reactive ketones (excluding diaryl/α,β-unsaturated/α-hetero) is 1. The van der Waals surface area contributed by atoms with Crippen LogP contribution >= 0.6 is 0 Å². The first-order chi connectivity index (χ1) is 4.21. The summed E-state index contributed by atoms with van der Waals surface area (Å²) in [5, 5.41) is 8.71. The number of aliphatic hydroxyl groups is 1. The molecule has 0 unspecified atom stereocenters. The van der Waals surface area contributed by atoms with Crippen LogP contribution in [0.15, 0.2) is 0 Å². The maximum Gasteiger partial charge on any atom is 0.142 e. The second-order valence-electron chi connectivity index (χ2n) is 2.49. The van der Waals surface area contributed by atoms with E-state index in [1.165, 1.54) is 6.92 Å². The zero-order valence-electron chi connectivity index (χ0n) is 5.39. The van der Waals surface area contributed by atoms with E-state index >= 15 is 0 Å². The van der Waals surface area contributed by atoms with Crippen molar-refractivity contribution in [2.24, 2.45) is 5.41 Å². The van der Waals surface area contributed by atoms with Crippen LogP contribution in [0.25, 0.3) is 0 Å². The summed E-state index contributed by atoms with van der Waals surface area (Å²) >= 11 is 0. The van der Waals surface area contributed by atoms with E-state index < -0.39 is 5.41 Å². The van der Waals surface area contributed by atoms with Gasteiger partial charge in [-0.3, -0.25) is 4.79 Å². The van der Waals surface area contributed by atoms with Gasteiger partial charge in [0.25, 0.3) is 0 Å². The Morgan fingerprint density at radius 3 is 2.33 bits per heavy atom. The second-order valence-corrected chi connectivity index (χ2v) is 2.49. The first-order valence-electron chi connectivity index (χ1n) is 2.91. The molecule has 1 N–H and O–H groups in total. The minimum absolute atomic E-state index is 0.0243. The number of aliphatic hydroxyl groups excluding tert-OH is 1. The molecule has 0 amide bonds. The highest BCUT2D eigenvalue weighted by molar-refractivity contribution is 5.83. The van der Waals surface area contributed by atoms with E-state index in [9.17, 15) is 4.79 Å². The summed E-state index contributed by atoms with van der Waals surface area (Å²) in [5.41, 5.74) is -0.542. The second kappa shape index (κ2) is 2.08. The van der Waals surface area contributed by atoms with Gasteiger partial charge in [-0.05, 0) is 6.92 Å². The maximum absolute atomic E-state index is 10.7. The molecule has 0 aromatic heterocycles. The van der Waals surface area contributed by atoms with Crippen molar-refractivity contribution in [3.8, 4) is 0 Å². The molecule has 1 aliphatic rings. The molecule has 3 heteroatoms. The lowest BCUT2D eigenvalue weighted by Crippen LogP contribution is -2.50. The summed E-state index contributed by atoms with van der Waals surface area (Å²) in [7, 11) is 0. The van der Waals surface area contributed by atoms with Crippen LogP contribution in [0.2, 0.25) is 0 Å². The quantitative estimate of drug-likeness (QED) is 0.552. The monoisotopic (exact) mass is 130 g/mol. The van der Waals surface area contributed by atoms with Crippen LogP contribution in [-0.4, -0.2) is 30.7 Å². The lowest BCUT2D eigenvalue weighted by molar-refractivity contribution is -0.165. The van der Waals surface area contributed by atoms with Crippen molar-refractivity contribution >= 4 is 5.78 Å². The predicted octanol–water partition coefficient (Wildman–Crippen LogP) is -0.416. The van der Waals surface area contributed by atoms with Gasteiger partial charge in [0, 0.05) is 0 Å². The lowest BCUT2D eigenvalue weighted by atomic mass is 9.83. The normalized spacial score (nSPS) is 22.9. The molecule has 0 spiro atoms. The number of ether oxygens (including phenoxy) is 1. The highest BCUT2D eigenvalue weighted by Crippen LogP contribution is 2.27. The molecular formula is C6H10O3. The van der Waals surface area contributed by atoms with E-state index in [4.69, 9.17) is 9.84 Å². The van der Waals surface area contributed by atoms with Crippen LogP contribution in [0.4, 0.5) is 0 Å². The molecular weight excluding hydrogens is 120 g/mol. The van der Waals surface area contributed by atoms with Gasteiger partial charge in [-0.25, -0.2) is 0 Å². The number of ketones is 1. The van der Waals surface area contributed by atoms with Gasteiger partial charge in [0.05, 0.1) is 25.2 Å². The lowest BCUT2D eigenvalue weighted by Gasteiger charge is -2.37. The fourth-order valence-electron chi connectivity index (χ4n) is 0.754. The number of hydrogen-bond acceptors (Lipinski definition) is 3. The van der Waals surface area contributed by atoms with Gasteiger partial charge >= 0.3 is 0 Å². The molecule has 0 atom stereocenters. The smallest absolute Gasteiger partial charge is 0.142 e. The fraction of sp³-hybridized carbons (Fsp3) is 0.833. The van der Waals surface area contributed by atoms with Crippen molar-refractivity contribution < 1.29 is 14.6 Å². The highest BCUT2D eigenvalue weighted by atomic mass is 16.5. The number of hydrogen-bond donors (Lipinski definition) is 1. The van der Waals surface area contributed by atoms with Crippen LogP contribution in [-0.2, 0) is 9.53 Å². The van der Waals surface area contributed by atoms with Gasteiger partial charge in [-0.1, -0.05) is 0 Å². The Balaban J connectivity index is 2.57. The van der Waals surface area contributed by atoms with Gasteiger partial charge in [-0.15, -0.1) is 0 Å². The van der Waals surface area contributed by atoms with E-state index in [1.807, 2.05) is 0 Å². The predicted molar refractivity (Wildman–Crippen MR) is 31.0 cm³/mol. The Morgan fingerprint density at radius 1 is 1.78 bits per heavy atom. The van der Waals surface area contributed by atoms with E-state index in [2.05, 4.69) is 0 Å². The Hall–Kier alpha value is -0.410. The average Bonchev–Trinajstić information content (AvgIpc) is 1.62. The van der Waals surface area contributed by atoms with Crippen molar-refractivity contribution in [3.63, 3.8) is 0 Å². The molecule has 0 bridgehead atoms. The standard InChI is InChI=1S/C6H10O3/c1-5(8)6(2-7)3-9-4-6/h7H,2-4H2,1H3. The van der Waals surface area contributed by atoms with E-state index in [0.717, 1.165) is 0 Å². The molecule has 1 aliphatic heterocycles. The minimum Gasteiger partial charge on any atom is -0.395 e. The Morgan fingerprint density at radius 2 is 2.33 bits per heavy atom. The van der Waals surface area contributed by atoms with Crippen LogP contribution in [0.3, 0.4) is 0 Å². The van der Waals surface area contributed by atoms with E-state index in [0.29, 0.717) is 13.2 Å². The van der Waals surface area contributed by atoms with Crippen LogP contribution in [0.1, 0.15) is 6.92 Å². The van der Waals surface area contributed by atoms with Crippen LogP contribution in [0, 0.1) is 5.41 Å². The summed E-state index contributed by atoms with van der Waals surface area (Å²) in [5.74, 6) is 0.0243. The molecule has 1 saturated heterocycles. The van der Waals surface area contributed by atoms with Gasteiger partial charge in [-0.2, -0.15) is 0 Å². The zero-order chi connectivity index (χ0) is 6.91. The third-order valence-corrected chi connectivity index (χ3v) is 1.81. The summed E-state index contributed by atoms with van der Waals surface area (Å²) in [4.78, 5) is 10.7. The number of carbonyl (C=O) groups excluding carboxylic acids is 1. The van der Waals surface area contributed by atoms with Crippen molar-refractivity contribution in [3.05, 3.63) is 0 Å². The molecule has 0 aromatic rings. The molecule has 0 aromatic carbocycles. The van der Waals surface area contributed by atoms with Crippen molar-refractivity contribution in [1.82, 2.24) is 0 Å². The Kier molecular flexibility index (Phi) is 1.55. The summed E-state index contributed by atoms with van der Waals surface area (Å²) < 4.78 is 4.81. The molecule has 1 fully saturated rings. The van der Waals surface area contributed by atoms with E-state index in [-0.39, 0.29) is 12.4 Å². The molecule has 0 aliphatic carbocycles. The SMILES string of the molecule is CC(=O)C1(CO)COC1. The summed E-state index contributed by atoms with van der Waals surface area (Å²) in [6, 6.07) is 0. The van der Waals surface area contributed by atoms with Gasteiger partial charge in [0.2, 0.25) is 0 Å². The largest absolute Gasteiger partial charge is 0.395 e. The molecule has 3 nitrogen and oxygen atoms in total. The number of rotatable bonds is 2. The molecule has 1 heterocycles. The van der Waals surface area contributed by atoms with E-state index in [1.54, 1.807) is 0 Å². The minimum atomic E-state index is -0.542. The summed E-state index contributed by atoms with van der Waals surface area (Å²) in [6.07, 6.45) is 0. The topological polar surface area (TPSA) is 46.5 Å². The highest BCUT2D eigenvalue weighted by Gasteiger charge is 2.42. The molecule has 1 rings (SSSR count). The summed E-state index contributed by atoms with van der Waals surface area (Å²) in [6.45, 7) is 2.18. The molecule has 52 valence electrons. The van der Waals surface area contributed by atoms with Crippen molar-refractivity contribution in [2.45, 2.75) is 6.92 Å². The third kappa shape index (κ3) is 0.862. The first kappa shape index (κ1) is 6.71. The number of carbonyl (C=O) groups is 1. The Labute approximate surface area is 53.6 Å². The zero-order valence-corrected chi connectivity index (χ0v) is 5.39. The van der Waals surface area contributed by atoms with Gasteiger partial charge in [0.1, 0.15) is 5.78 Å². The van der Waals surface area contributed by atoms with Crippen LogP contribution in [0.5, 0.6) is 0 Å². The molecule has 0 radical (unpaired) electrons. The van der Waals surface area contributed by atoms with Gasteiger partial charge in [0.15, 0.2) is 0 Å². The average molecular weight is 130 g/mol. The molecule has 0 saturated carbocycles. The maximum atomic E-state index is 10.7. The van der Waals surface area contributed by atoms with Crippen LogP contribution < -0.4 is 0 Å². The van der Waals surface area contributed by atoms with Crippen molar-refractivity contribution in [2.75, 3.05) is 19.8 Å². The first-order valence-corrected chi connectivity index (χ1v) is 2.91. The van der Waals surface area contributed by atoms with Crippen molar-refractivity contribution in [1.29, 1.82) is 0 Å². The third-order valence-electron chi connectivity index (χ3n) is 1.81.